The Morgan fingerprint density at radius 2 is 2.08 bits per heavy atom. The Morgan fingerprint density at radius 1 is 1.31 bits per heavy atom. The van der Waals surface area contributed by atoms with E-state index in [2.05, 4.69) is 15.4 Å². The molecule has 0 radical (unpaired) electrons. The largest absolute Gasteiger partial charge is 0.497 e. The highest BCUT2D eigenvalue weighted by Gasteiger charge is 2.18. The van der Waals surface area contributed by atoms with E-state index in [-0.39, 0.29) is 17.6 Å². The van der Waals surface area contributed by atoms with Gasteiger partial charge in [0, 0.05) is 12.6 Å². The molecule has 7 heteroatoms. The van der Waals surface area contributed by atoms with E-state index in [9.17, 15) is 4.79 Å². The summed E-state index contributed by atoms with van der Waals surface area (Å²) in [6.45, 7) is 0.458. The molecule has 6 nitrogen and oxygen atoms in total. The quantitative estimate of drug-likeness (QED) is 0.689. The Labute approximate surface area is 156 Å². The predicted octanol–water partition coefficient (Wildman–Crippen LogP) is 3.44. The van der Waals surface area contributed by atoms with Gasteiger partial charge in [0.1, 0.15) is 5.75 Å². The molecule has 3 aromatic rings. The van der Waals surface area contributed by atoms with Gasteiger partial charge in [0.2, 0.25) is 0 Å². The fourth-order valence-corrected chi connectivity index (χ4v) is 3.29. The predicted molar refractivity (Wildman–Crippen MR) is 102 cm³/mol. The highest BCUT2D eigenvalue weighted by Crippen LogP contribution is 2.25. The van der Waals surface area contributed by atoms with Crippen LogP contribution in [0.1, 0.15) is 22.1 Å². The zero-order valence-corrected chi connectivity index (χ0v) is 15.7. The number of ether oxygens (including phenoxy) is 1. The molecule has 1 N–H and O–H groups in total. The summed E-state index contributed by atoms with van der Waals surface area (Å²) in [6, 6.07) is 13.4. The smallest absolute Gasteiger partial charge is 0.273 e. The summed E-state index contributed by atoms with van der Waals surface area (Å²) >= 11 is 1.54. The molecule has 1 amide bonds. The van der Waals surface area contributed by atoms with Crippen LogP contribution in [0.25, 0.3) is 10.6 Å². The van der Waals surface area contributed by atoms with Crippen molar-refractivity contribution >= 4 is 17.2 Å². The van der Waals surface area contributed by atoms with Gasteiger partial charge < -0.3 is 19.5 Å². The lowest BCUT2D eigenvalue weighted by Crippen LogP contribution is -2.34. The standard InChI is InChI=1S/C19H21N3O3S/c1-22(2)16(13-6-8-14(24-3)9-7-13)12-20-19(23)15-11-17(25-21-15)18-5-4-10-26-18/h4-11,16H,12H2,1-3H3,(H,20,23). The van der Waals surface area contributed by atoms with Gasteiger partial charge in [-0.25, -0.2) is 0 Å². The van der Waals surface area contributed by atoms with Gasteiger partial charge >= 0.3 is 0 Å². The number of carbonyl (C=O) groups excluding carboxylic acids is 1. The molecule has 26 heavy (non-hydrogen) atoms. The number of rotatable bonds is 7. The van der Waals surface area contributed by atoms with E-state index in [0.29, 0.717) is 12.3 Å². The Morgan fingerprint density at radius 3 is 2.69 bits per heavy atom. The lowest BCUT2D eigenvalue weighted by atomic mass is 10.1. The van der Waals surface area contributed by atoms with Gasteiger partial charge in [0.15, 0.2) is 11.5 Å². The van der Waals surface area contributed by atoms with E-state index in [1.807, 2.05) is 55.9 Å². The van der Waals surface area contributed by atoms with E-state index < -0.39 is 0 Å². The first kappa shape index (κ1) is 18.2. The molecule has 0 aliphatic heterocycles. The van der Waals surface area contributed by atoms with Crippen molar-refractivity contribution in [2.24, 2.45) is 0 Å². The van der Waals surface area contributed by atoms with Crippen molar-refractivity contribution in [2.45, 2.75) is 6.04 Å². The molecule has 1 aromatic carbocycles. The van der Waals surface area contributed by atoms with Crippen molar-refractivity contribution in [1.82, 2.24) is 15.4 Å². The van der Waals surface area contributed by atoms with Crippen LogP contribution in [0.2, 0.25) is 0 Å². The number of thiophene rings is 1. The normalized spacial score (nSPS) is 12.2. The first-order valence-electron chi connectivity index (χ1n) is 8.17. The number of carbonyl (C=O) groups is 1. The summed E-state index contributed by atoms with van der Waals surface area (Å²) in [6.07, 6.45) is 0. The highest BCUT2D eigenvalue weighted by atomic mass is 32.1. The summed E-state index contributed by atoms with van der Waals surface area (Å²) < 4.78 is 10.5. The fourth-order valence-electron chi connectivity index (χ4n) is 2.62. The SMILES string of the molecule is COc1ccc(C(CNC(=O)c2cc(-c3cccs3)on2)N(C)C)cc1. The molecule has 0 bridgehead atoms. The second-order valence-corrected chi connectivity index (χ2v) is 6.96. The molecule has 0 fully saturated rings. The Balaban J connectivity index is 1.66. The van der Waals surface area contributed by atoms with Crippen molar-refractivity contribution in [3.63, 3.8) is 0 Å². The van der Waals surface area contributed by atoms with Crippen molar-refractivity contribution in [3.8, 4) is 16.4 Å². The maximum absolute atomic E-state index is 12.4. The minimum atomic E-state index is -0.253. The lowest BCUT2D eigenvalue weighted by Gasteiger charge is -2.25. The number of amides is 1. The molecule has 0 saturated heterocycles. The molecule has 2 heterocycles. The van der Waals surface area contributed by atoms with E-state index in [4.69, 9.17) is 9.26 Å². The number of hydrogen-bond acceptors (Lipinski definition) is 6. The monoisotopic (exact) mass is 371 g/mol. The first-order chi connectivity index (χ1) is 12.6. The van der Waals surface area contributed by atoms with Crippen molar-refractivity contribution in [1.29, 1.82) is 0 Å². The third kappa shape index (κ3) is 4.12. The van der Waals surface area contributed by atoms with E-state index in [1.165, 1.54) is 0 Å². The molecule has 136 valence electrons. The van der Waals surface area contributed by atoms with Crippen LogP contribution >= 0.6 is 11.3 Å². The Bertz CT molecular complexity index is 841. The Kier molecular flexibility index (Phi) is 5.70. The average Bonchev–Trinajstić information content (AvgIpc) is 3.33. The summed E-state index contributed by atoms with van der Waals surface area (Å²) in [4.78, 5) is 15.4. The summed E-state index contributed by atoms with van der Waals surface area (Å²) in [7, 11) is 5.60. The Hall–Kier alpha value is -2.64. The highest BCUT2D eigenvalue weighted by molar-refractivity contribution is 7.13. The van der Waals surface area contributed by atoms with E-state index in [1.54, 1.807) is 24.5 Å². The molecule has 1 unspecified atom stereocenters. The second-order valence-electron chi connectivity index (χ2n) is 6.02. The maximum Gasteiger partial charge on any atom is 0.273 e. The van der Waals surface area contributed by atoms with Crippen molar-refractivity contribution < 1.29 is 14.1 Å². The van der Waals surface area contributed by atoms with E-state index >= 15 is 0 Å². The molecular weight excluding hydrogens is 350 g/mol. The number of hydrogen-bond donors (Lipinski definition) is 1. The molecule has 3 rings (SSSR count). The maximum atomic E-state index is 12.4. The summed E-state index contributed by atoms with van der Waals surface area (Å²) in [5, 5.41) is 8.77. The molecule has 0 spiro atoms. The van der Waals surface area contributed by atoms with Gasteiger partial charge in [-0.05, 0) is 43.2 Å². The number of methoxy groups -OCH3 is 1. The van der Waals surface area contributed by atoms with Gasteiger partial charge in [-0.1, -0.05) is 23.4 Å². The topological polar surface area (TPSA) is 67.6 Å². The third-order valence-corrected chi connectivity index (χ3v) is 4.97. The molecular formula is C19H21N3O3S. The third-order valence-electron chi connectivity index (χ3n) is 4.09. The zero-order valence-electron chi connectivity index (χ0n) is 14.9. The molecule has 2 aromatic heterocycles. The van der Waals surface area contributed by atoms with Crippen LogP contribution < -0.4 is 10.1 Å². The van der Waals surface area contributed by atoms with E-state index in [0.717, 1.165) is 16.2 Å². The van der Waals surface area contributed by atoms with Crippen LogP contribution in [0.5, 0.6) is 5.75 Å². The number of nitrogens with zero attached hydrogens (tertiary/aromatic N) is 2. The van der Waals surface area contributed by atoms with Crippen LogP contribution in [0.3, 0.4) is 0 Å². The van der Waals surface area contributed by atoms with Gasteiger partial charge in [0.05, 0.1) is 18.0 Å². The van der Waals surface area contributed by atoms with Gasteiger partial charge in [-0.15, -0.1) is 11.3 Å². The van der Waals surface area contributed by atoms with Gasteiger partial charge in [0.25, 0.3) is 5.91 Å². The zero-order chi connectivity index (χ0) is 18.5. The lowest BCUT2D eigenvalue weighted by molar-refractivity contribution is 0.0933. The van der Waals surface area contributed by atoms with Crippen molar-refractivity contribution in [2.75, 3.05) is 27.7 Å². The first-order valence-corrected chi connectivity index (χ1v) is 9.05. The van der Waals surface area contributed by atoms with Crippen LogP contribution in [0.4, 0.5) is 0 Å². The van der Waals surface area contributed by atoms with Gasteiger partial charge in [-0.2, -0.15) is 0 Å². The minimum Gasteiger partial charge on any atom is -0.497 e. The number of likely N-dealkylation sites (N-methyl/N-ethyl adjacent to an activating group) is 1. The number of benzene rings is 1. The molecule has 1 atom stereocenters. The second kappa shape index (κ2) is 8.16. The summed E-state index contributed by atoms with van der Waals surface area (Å²) in [5.41, 5.74) is 1.37. The molecule has 0 aliphatic carbocycles. The number of aromatic nitrogens is 1. The molecule has 0 saturated carbocycles. The fraction of sp³-hybridized carbons (Fsp3) is 0.263. The minimum absolute atomic E-state index is 0.0357. The average molecular weight is 371 g/mol. The van der Waals surface area contributed by atoms with Crippen LogP contribution in [0, 0.1) is 0 Å². The van der Waals surface area contributed by atoms with Crippen molar-refractivity contribution in [3.05, 3.63) is 59.1 Å². The summed E-state index contributed by atoms with van der Waals surface area (Å²) in [5.74, 6) is 1.15. The van der Waals surface area contributed by atoms with Gasteiger partial charge in [-0.3, -0.25) is 4.79 Å². The molecule has 0 aliphatic rings. The van der Waals surface area contributed by atoms with Crippen LogP contribution in [0.15, 0.2) is 52.4 Å². The number of nitrogens with one attached hydrogen (secondary N) is 1. The van der Waals surface area contributed by atoms with Crippen LogP contribution in [-0.2, 0) is 0 Å². The van der Waals surface area contributed by atoms with Crippen LogP contribution in [-0.4, -0.2) is 43.7 Å².